The predicted octanol–water partition coefficient (Wildman–Crippen LogP) is 2.37. The number of Topliss-reactive ketones (excluding diaryl/α,β-unsaturated/α-hetero) is 1. The molecule has 1 N–H and O–H groups in total. The van der Waals surface area contributed by atoms with Crippen LogP contribution in [0.2, 0.25) is 0 Å². The zero-order valence-electron chi connectivity index (χ0n) is 7.62. The summed E-state index contributed by atoms with van der Waals surface area (Å²) in [5.74, 6) is -0.0604. The number of alkyl halides is 1. The summed E-state index contributed by atoms with van der Waals surface area (Å²) in [6, 6.07) is 5.37. The van der Waals surface area contributed by atoms with Gasteiger partial charge in [-0.05, 0) is 25.1 Å². The van der Waals surface area contributed by atoms with Gasteiger partial charge in [-0.15, -0.1) is 11.6 Å². The van der Waals surface area contributed by atoms with Crippen LogP contribution in [0.4, 0.5) is 0 Å². The molecule has 0 saturated carbocycles. The largest absolute Gasteiger partial charge is 0.293 e. The van der Waals surface area contributed by atoms with Crippen LogP contribution in [0.5, 0.6) is 0 Å². The Morgan fingerprint density at radius 3 is 3.07 bits per heavy atom. The number of aromatic amines is 1. The van der Waals surface area contributed by atoms with E-state index in [0.29, 0.717) is 5.56 Å². The van der Waals surface area contributed by atoms with Crippen molar-refractivity contribution >= 4 is 28.3 Å². The van der Waals surface area contributed by atoms with Gasteiger partial charge in [0.2, 0.25) is 0 Å². The molecule has 72 valence electrons. The molecule has 2 aromatic rings. The molecule has 1 aromatic heterocycles. The molecule has 0 unspecified atom stereocenters. The lowest BCUT2D eigenvalue weighted by Crippen LogP contribution is -2.09. The van der Waals surface area contributed by atoms with Crippen LogP contribution >= 0.6 is 11.6 Å². The Kier molecular flexibility index (Phi) is 2.25. The highest BCUT2D eigenvalue weighted by atomic mass is 35.5. The fourth-order valence-corrected chi connectivity index (χ4v) is 1.45. The molecule has 1 aromatic carbocycles. The number of nitrogens with zero attached hydrogens (tertiary/aromatic N) is 1. The molecule has 0 bridgehead atoms. The van der Waals surface area contributed by atoms with Gasteiger partial charge in [0, 0.05) is 10.9 Å². The van der Waals surface area contributed by atoms with Gasteiger partial charge in [0.1, 0.15) is 0 Å². The summed E-state index contributed by atoms with van der Waals surface area (Å²) in [6.45, 7) is 1.67. The van der Waals surface area contributed by atoms with E-state index >= 15 is 0 Å². The van der Waals surface area contributed by atoms with Gasteiger partial charge in [0.25, 0.3) is 0 Å². The van der Waals surface area contributed by atoms with Crippen LogP contribution in [-0.2, 0) is 0 Å². The van der Waals surface area contributed by atoms with E-state index in [2.05, 4.69) is 10.2 Å². The highest BCUT2D eigenvalue weighted by molar-refractivity contribution is 6.33. The number of nitrogens with one attached hydrogen (secondary N) is 1. The smallest absolute Gasteiger partial charge is 0.180 e. The Hall–Kier alpha value is -1.35. The summed E-state index contributed by atoms with van der Waals surface area (Å²) in [5.41, 5.74) is 1.55. The Labute approximate surface area is 86.1 Å². The maximum atomic E-state index is 11.5. The van der Waals surface area contributed by atoms with Crippen molar-refractivity contribution in [3.05, 3.63) is 30.0 Å². The van der Waals surface area contributed by atoms with Gasteiger partial charge < -0.3 is 0 Å². The van der Waals surface area contributed by atoms with Crippen molar-refractivity contribution in [3.63, 3.8) is 0 Å². The van der Waals surface area contributed by atoms with E-state index in [1.54, 1.807) is 25.3 Å². The standard InChI is InChI=1S/C10H9ClN2O/c1-6(11)10(14)7-2-3-9-8(4-7)5-12-13-9/h2-6H,1H3,(H,12,13)/t6-/m0/s1. The Bertz CT molecular complexity index is 476. The number of rotatable bonds is 2. The molecule has 0 saturated heterocycles. The lowest BCUT2D eigenvalue weighted by Gasteiger charge is -2.01. The third-order valence-corrected chi connectivity index (χ3v) is 2.28. The first-order chi connectivity index (χ1) is 6.68. The number of carbonyl (C=O) groups excluding carboxylic acids is 1. The first-order valence-electron chi connectivity index (χ1n) is 4.30. The Morgan fingerprint density at radius 1 is 1.57 bits per heavy atom. The zero-order valence-corrected chi connectivity index (χ0v) is 8.38. The second-order valence-electron chi connectivity index (χ2n) is 3.15. The number of halogens is 1. The minimum absolute atomic E-state index is 0.0604. The van der Waals surface area contributed by atoms with Crippen LogP contribution in [0.15, 0.2) is 24.4 Å². The third kappa shape index (κ3) is 1.51. The van der Waals surface area contributed by atoms with Crippen LogP contribution in [0, 0.1) is 0 Å². The van der Waals surface area contributed by atoms with Crippen molar-refractivity contribution in [1.29, 1.82) is 0 Å². The molecule has 0 spiro atoms. The summed E-state index contributed by atoms with van der Waals surface area (Å²) in [7, 11) is 0. The van der Waals surface area contributed by atoms with Crippen molar-refractivity contribution < 1.29 is 4.79 Å². The molecule has 1 heterocycles. The lowest BCUT2D eigenvalue weighted by molar-refractivity contribution is 0.0992. The highest BCUT2D eigenvalue weighted by Crippen LogP contribution is 2.15. The van der Waals surface area contributed by atoms with Gasteiger partial charge >= 0.3 is 0 Å². The van der Waals surface area contributed by atoms with Gasteiger partial charge in [0.05, 0.1) is 17.1 Å². The van der Waals surface area contributed by atoms with E-state index in [1.807, 2.05) is 6.07 Å². The monoisotopic (exact) mass is 208 g/mol. The fraction of sp³-hybridized carbons (Fsp3) is 0.200. The van der Waals surface area contributed by atoms with Gasteiger partial charge in [-0.1, -0.05) is 0 Å². The summed E-state index contributed by atoms with van der Waals surface area (Å²) in [5, 5.41) is 7.14. The van der Waals surface area contributed by atoms with Gasteiger partial charge in [0.15, 0.2) is 5.78 Å². The van der Waals surface area contributed by atoms with E-state index in [0.717, 1.165) is 10.9 Å². The summed E-state index contributed by atoms with van der Waals surface area (Å²) in [6.07, 6.45) is 1.69. The average molecular weight is 209 g/mol. The molecule has 0 radical (unpaired) electrons. The van der Waals surface area contributed by atoms with Gasteiger partial charge in [-0.2, -0.15) is 5.10 Å². The number of H-pyrrole nitrogens is 1. The SMILES string of the molecule is C[C@H](Cl)C(=O)c1ccc2[nH]ncc2c1. The molecule has 14 heavy (non-hydrogen) atoms. The summed E-state index contributed by atoms with van der Waals surface area (Å²) < 4.78 is 0. The molecular weight excluding hydrogens is 200 g/mol. The molecule has 0 aliphatic rings. The molecule has 4 heteroatoms. The number of hydrogen-bond donors (Lipinski definition) is 1. The highest BCUT2D eigenvalue weighted by Gasteiger charge is 2.12. The Balaban J connectivity index is 2.48. The first-order valence-corrected chi connectivity index (χ1v) is 4.73. The van der Waals surface area contributed by atoms with Crippen LogP contribution in [0.1, 0.15) is 17.3 Å². The molecular formula is C10H9ClN2O. The van der Waals surface area contributed by atoms with Crippen molar-refractivity contribution in [2.45, 2.75) is 12.3 Å². The van der Waals surface area contributed by atoms with E-state index in [1.165, 1.54) is 0 Å². The van der Waals surface area contributed by atoms with Crippen LogP contribution in [-0.4, -0.2) is 21.4 Å². The molecule has 0 fully saturated rings. The second-order valence-corrected chi connectivity index (χ2v) is 3.81. The maximum absolute atomic E-state index is 11.5. The molecule has 3 nitrogen and oxygen atoms in total. The van der Waals surface area contributed by atoms with Crippen LogP contribution < -0.4 is 0 Å². The topological polar surface area (TPSA) is 45.8 Å². The number of ketones is 1. The minimum Gasteiger partial charge on any atom is -0.293 e. The third-order valence-electron chi connectivity index (χ3n) is 2.09. The normalized spacial score (nSPS) is 13.0. The summed E-state index contributed by atoms with van der Waals surface area (Å²) in [4.78, 5) is 11.5. The molecule has 0 aliphatic heterocycles. The first kappa shape index (κ1) is 9.21. The van der Waals surface area contributed by atoms with E-state index < -0.39 is 5.38 Å². The van der Waals surface area contributed by atoms with Crippen molar-refractivity contribution in [2.24, 2.45) is 0 Å². The quantitative estimate of drug-likeness (QED) is 0.609. The fourth-order valence-electron chi connectivity index (χ4n) is 1.33. The predicted molar refractivity (Wildman–Crippen MR) is 55.7 cm³/mol. The van der Waals surface area contributed by atoms with Crippen molar-refractivity contribution in [1.82, 2.24) is 10.2 Å². The second kappa shape index (κ2) is 3.42. The Morgan fingerprint density at radius 2 is 2.36 bits per heavy atom. The average Bonchev–Trinajstić information content (AvgIpc) is 2.62. The van der Waals surface area contributed by atoms with Crippen LogP contribution in [0.3, 0.4) is 0 Å². The summed E-state index contributed by atoms with van der Waals surface area (Å²) >= 11 is 5.71. The molecule has 2 rings (SSSR count). The number of carbonyl (C=O) groups is 1. The van der Waals surface area contributed by atoms with Crippen LogP contribution in [0.25, 0.3) is 10.9 Å². The number of hydrogen-bond acceptors (Lipinski definition) is 2. The molecule has 0 amide bonds. The number of fused-ring (bicyclic) bond motifs is 1. The van der Waals surface area contributed by atoms with Gasteiger partial charge in [-0.3, -0.25) is 9.89 Å². The zero-order chi connectivity index (χ0) is 10.1. The lowest BCUT2D eigenvalue weighted by atomic mass is 10.1. The van der Waals surface area contributed by atoms with Crippen molar-refractivity contribution in [3.8, 4) is 0 Å². The maximum Gasteiger partial charge on any atom is 0.180 e. The number of aromatic nitrogens is 2. The van der Waals surface area contributed by atoms with E-state index in [-0.39, 0.29) is 5.78 Å². The van der Waals surface area contributed by atoms with Gasteiger partial charge in [-0.25, -0.2) is 0 Å². The van der Waals surface area contributed by atoms with Crippen molar-refractivity contribution in [2.75, 3.05) is 0 Å². The van der Waals surface area contributed by atoms with E-state index in [4.69, 9.17) is 11.6 Å². The minimum atomic E-state index is -0.487. The molecule has 1 atom stereocenters. The molecule has 0 aliphatic carbocycles. The number of benzene rings is 1. The van der Waals surface area contributed by atoms with E-state index in [9.17, 15) is 4.79 Å².